The van der Waals surface area contributed by atoms with Crippen molar-refractivity contribution < 1.29 is 9.59 Å². The Balaban J connectivity index is 1.75. The molecule has 0 N–H and O–H groups in total. The Morgan fingerprint density at radius 2 is 2.05 bits per heavy atom. The summed E-state index contributed by atoms with van der Waals surface area (Å²) in [6.45, 7) is 0. The van der Waals surface area contributed by atoms with Crippen molar-refractivity contribution in [1.82, 2.24) is 4.90 Å². The number of piperidine rings is 1. The zero-order chi connectivity index (χ0) is 13.1. The van der Waals surface area contributed by atoms with Gasteiger partial charge in [0.2, 0.25) is 0 Å². The van der Waals surface area contributed by atoms with Crippen LogP contribution in [0.15, 0.2) is 24.3 Å². The van der Waals surface area contributed by atoms with E-state index in [-0.39, 0.29) is 24.0 Å². The Morgan fingerprint density at radius 3 is 2.79 bits per heavy atom. The molecule has 1 aliphatic carbocycles. The standard InChI is InChI=1S/C14H13ClN2O2/c15-9-2-1-3-10(7-9)17-13(18)12-8-4-5-11(6-8)16(12)14(17)19/h1-3,7-8,11-12H,4-6H2/t8-,11+,12-/m1/s1. The minimum Gasteiger partial charge on any atom is -0.309 e. The molecular weight excluding hydrogens is 264 g/mol. The first-order valence-corrected chi connectivity index (χ1v) is 6.96. The van der Waals surface area contributed by atoms with Gasteiger partial charge in [-0.3, -0.25) is 4.79 Å². The summed E-state index contributed by atoms with van der Waals surface area (Å²) in [7, 11) is 0. The van der Waals surface area contributed by atoms with Crippen molar-refractivity contribution in [3.8, 4) is 0 Å². The number of fused-ring (bicyclic) bond motifs is 5. The molecule has 0 aromatic heterocycles. The van der Waals surface area contributed by atoms with E-state index in [0.29, 0.717) is 16.6 Å². The normalized spacial score (nSPS) is 32.4. The molecular formula is C14H13ClN2O2. The molecule has 2 heterocycles. The lowest BCUT2D eigenvalue weighted by atomic mass is 9.99. The van der Waals surface area contributed by atoms with Gasteiger partial charge in [0, 0.05) is 11.1 Å². The van der Waals surface area contributed by atoms with Crippen LogP contribution in [0.2, 0.25) is 5.02 Å². The van der Waals surface area contributed by atoms with E-state index >= 15 is 0 Å². The van der Waals surface area contributed by atoms with Gasteiger partial charge in [0.25, 0.3) is 5.91 Å². The number of anilines is 1. The van der Waals surface area contributed by atoms with Crippen LogP contribution in [0.3, 0.4) is 0 Å². The Labute approximate surface area is 115 Å². The van der Waals surface area contributed by atoms with Crippen molar-refractivity contribution in [3.63, 3.8) is 0 Å². The lowest BCUT2D eigenvalue weighted by Crippen LogP contribution is -2.40. The highest BCUT2D eigenvalue weighted by Crippen LogP contribution is 2.47. The quantitative estimate of drug-likeness (QED) is 0.740. The monoisotopic (exact) mass is 276 g/mol. The Morgan fingerprint density at radius 1 is 1.21 bits per heavy atom. The van der Waals surface area contributed by atoms with Crippen LogP contribution >= 0.6 is 11.6 Å². The van der Waals surface area contributed by atoms with Gasteiger partial charge < -0.3 is 4.90 Å². The van der Waals surface area contributed by atoms with E-state index in [2.05, 4.69) is 0 Å². The summed E-state index contributed by atoms with van der Waals surface area (Å²) in [4.78, 5) is 28.1. The minimum atomic E-state index is -0.231. The van der Waals surface area contributed by atoms with Crippen molar-refractivity contribution in [1.29, 1.82) is 0 Å². The highest BCUT2D eigenvalue weighted by atomic mass is 35.5. The summed E-state index contributed by atoms with van der Waals surface area (Å²) in [5.41, 5.74) is 0.580. The van der Waals surface area contributed by atoms with Crippen molar-refractivity contribution >= 4 is 29.2 Å². The predicted molar refractivity (Wildman–Crippen MR) is 71.1 cm³/mol. The van der Waals surface area contributed by atoms with Crippen molar-refractivity contribution in [3.05, 3.63) is 29.3 Å². The zero-order valence-electron chi connectivity index (χ0n) is 10.3. The SMILES string of the molecule is O=C1[C@H]2[C@@H]3CC[C@@H](C3)N2C(=O)N1c1cccc(Cl)c1. The van der Waals surface area contributed by atoms with Crippen molar-refractivity contribution in [2.45, 2.75) is 31.3 Å². The first-order chi connectivity index (χ1) is 9.16. The summed E-state index contributed by atoms with van der Waals surface area (Å²) in [6.07, 6.45) is 3.09. The first-order valence-electron chi connectivity index (χ1n) is 6.58. The number of imide groups is 1. The summed E-state index contributed by atoms with van der Waals surface area (Å²) >= 11 is 5.95. The van der Waals surface area contributed by atoms with Gasteiger partial charge in [-0.15, -0.1) is 0 Å². The largest absolute Gasteiger partial charge is 0.332 e. The van der Waals surface area contributed by atoms with Gasteiger partial charge in [-0.25, -0.2) is 9.69 Å². The maximum atomic E-state index is 12.5. The molecule has 1 aromatic carbocycles. The zero-order valence-corrected chi connectivity index (χ0v) is 11.0. The molecule has 1 aromatic rings. The maximum absolute atomic E-state index is 12.5. The molecule has 3 amide bonds. The van der Waals surface area contributed by atoms with E-state index in [0.717, 1.165) is 19.3 Å². The third-order valence-corrected chi connectivity index (χ3v) is 4.77. The van der Waals surface area contributed by atoms with E-state index < -0.39 is 0 Å². The van der Waals surface area contributed by atoms with Gasteiger partial charge >= 0.3 is 6.03 Å². The van der Waals surface area contributed by atoms with Gasteiger partial charge in [0.15, 0.2) is 0 Å². The number of hydrogen-bond acceptors (Lipinski definition) is 2. The molecule has 0 radical (unpaired) electrons. The molecule has 3 aliphatic rings. The van der Waals surface area contributed by atoms with Crippen LogP contribution < -0.4 is 4.90 Å². The fraction of sp³-hybridized carbons (Fsp3) is 0.429. The Bertz CT molecular complexity index is 561. The molecule has 0 unspecified atom stereocenters. The number of benzene rings is 1. The second-order valence-electron chi connectivity index (χ2n) is 5.52. The summed E-state index contributed by atoms with van der Waals surface area (Å²) in [5.74, 6) is 0.269. The Hall–Kier alpha value is -1.55. The lowest BCUT2D eigenvalue weighted by Gasteiger charge is -2.25. The van der Waals surface area contributed by atoms with Gasteiger partial charge in [0.05, 0.1) is 5.69 Å². The van der Waals surface area contributed by atoms with Crippen molar-refractivity contribution in [2.24, 2.45) is 5.92 Å². The predicted octanol–water partition coefficient (Wildman–Crippen LogP) is 2.66. The number of hydrogen-bond donors (Lipinski definition) is 0. The number of halogens is 1. The van der Waals surface area contributed by atoms with Crippen LogP contribution in [0.4, 0.5) is 10.5 Å². The molecule has 5 heteroatoms. The minimum absolute atomic E-state index is 0.0838. The fourth-order valence-corrected chi connectivity index (χ4v) is 3.96. The van der Waals surface area contributed by atoms with E-state index in [9.17, 15) is 9.59 Å². The van der Waals surface area contributed by atoms with Crippen LogP contribution in [0, 0.1) is 5.92 Å². The van der Waals surface area contributed by atoms with Crippen LogP contribution in [0.1, 0.15) is 19.3 Å². The van der Waals surface area contributed by atoms with E-state index in [4.69, 9.17) is 11.6 Å². The maximum Gasteiger partial charge on any atom is 0.332 e. The average Bonchev–Trinajstić information content (AvgIpc) is 3.04. The van der Waals surface area contributed by atoms with Gasteiger partial charge in [-0.1, -0.05) is 17.7 Å². The van der Waals surface area contributed by atoms with Gasteiger partial charge in [-0.05, 0) is 43.4 Å². The smallest absolute Gasteiger partial charge is 0.309 e. The number of carbonyl (C=O) groups excluding carboxylic acids is 2. The number of rotatable bonds is 1. The molecule has 2 saturated heterocycles. The van der Waals surface area contributed by atoms with Gasteiger partial charge in [-0.2, -0.15) is 0 Å². The third-order valence-electron chi connectivity index (χ3n) is 4.54. The molecule has 98 valence electrons. The number of carbonyl (C=O) groups is 2. The number of urea groups is 1. The van der Waals surface area contributed by atoms with E-state index in [1.807, 2.05) is 0 Å². The molecule has 19 heavy (non-hydrogen) atoms. The van der Waals surface area contributed by atoms with Crippen LogP contribution in [0.5, 0.6) is 0 Å². The molecule has 2 aliphatic heterocycles. The van der Waals surface area contributed by atoms with Crippen LogP contribution in [0.25, 0.3) is 0 Å². The molecule has 1 saturated carbocycles. The average molecular weight is 277 g/mol. The van der Waals surface area contributed by atoms with Gasteiger partial charge in [0.1, 0.15) is 6.04 Å². The number of amides is 3. The summed E-state index contributed by atoms with van der Waals surface area (Å²) < 4.78 is 0. The third kappa shape index (κ3) is 1.40. The fourth-order valence-electron chi connectivity index (χ4n) is 3.78. The summed E-state index contributed by atoms with van der Waals surface area (Å²) in [6, 6.07) is 6.77. The summed E-state index contributed by atoms with van der Waals surface area (Å²) in [5, 5.41) is 0.535. The highest BCUT2D eigenvalue weighted by molar-refractivity contribution is 6.31. The van der Waals surface area contributed by atoms with E-state index in [1.54, 1.807) is 29.2 Å². The number of nitrogens with zero attached hydrogens (tertiary/aromatic N) is 2. The molecule has 4 nitrogen and oxygen atoms in total. The molecule has 2 bridgehead atoms. The molecule has 4 rings (SSSR count). The molecule has 3 atom stereocenters. The Kier molecular flexibility index (Phi) is 2.22. The van der Waals surface area contributed by atoms with Crippen LogP contribution in [-0.4, -0.2) is 28.9 Å². The van der Waals surface area contributed by atoms with Crippen molar-refractivity contribution in [2.75, 3.05) is 4.90 Å². The topological polar surface area (TPSA) is 40.6 Å². The highest BCUT2D eigenvalue weighted by Gasteiger charge is 2.59. The van der Waals surface area contributed by atoms with E-state index in [1.165, 1.54) is 4.90 Å². The molecule has 3 fully saturated rings. The lowest BCUT2D eigenvalue weighted by molar-refractivity contribution is -0.120. The van der Waals surface area contributed by atoms with Crippen LogP contribution in [-0.2, 0) is 4.79 Å². The second kappa shape index (κ2) is 3.73. The second-order valence-corrected chi connectivity index (χ2v) is 5.95. The first kappa shape index (κ1) is 11.3. The molecule has 0 spiro atoms.